The van der Waals surface area contributed by atoms with Crippen LogP contribution in [-0.2, 0) is 4.74 Å². The van der Waals surface area contributed by atoms with Gasteiger partial charge in [0.25, 0.3) is 0 Å². The number of carbonyl (C=O) groups excluding carboxylic acids is 1. The second-order valence-electron chi connectivity index (χ2n) is 6.24. The Hall–Kier alpha value is -1.34. The smallest absolute Gasteiger partial charge is 0.410 e. The lowest BCUT2D eigenvalue weighted by molar-refractivity contribution is 0.00580. The highest BCUT2D eigenvalue weighted by Gasteiger charge is 2.26. The van der Waals surface area contributed by atoms with E-state index in [0.29, 0.717) is 25.5 Å². The van der Waals surface area contributed by atoms with E-state index in [1.165, 1.54) is 6.92 Å². The summed E-state index contributed by atoms with van der Waals surface area (Å²) in [7, 11) is 0. The minimum absolute atomic E-state index is 0.171. The van der Waals surface area contributed by atoms with Crippen LogP contribution in [0.1, 0.15) is 27.7 Å². The molecule has 0 radical (unpaired) electrons. The number of nitrogens with zero attached hydrogens (tertiary/aromatic N) is 2. The molecule has 7 heteroatoms. The first kappa shape index (κ1) is 16.7. The first-order valence-electron chi connectivity index (χ1n) is 6.71. The van der Waals surface area contributed by atoms with Crippen LogP contribution < -0.4 is 5.32 Å². The summed E-state index contributed by atoms with van der Waals surface area (Å²) < 4.78 is 5.31. The second-order valence-corrected chi connectivity index (χ2v) is 6.24. The first-order chi connectivity index (χ1) is 9.13. The zero-order valence-electron chi connectivity index (χ0n) is 12.6. The molecule has 0 saturated heterocycles. The standard InChI is InChI=1S/C13H25N3O4/c1-12(2,3)20-11(18)16-6-5-14-10(7-16)15-8-13(4,19)9-17/h17,19H,5-9H2,1-4H3,(H,14,15). The molecular formula is C13H25N3O4. The Balaban J connectivity index is 2.50. The molecule has 0 saturated carbocycles. The summed E-state index contributed by atoms with van der Waals surface area (Å²) in [5.74, 6) is 0.607. The zero-order valence-corrected chi connectivity index (χ0v) is 12.6. The van der Waals surface area contributed by atoms with E-state index in [2.05, 4.69) is 10.3 Å². The highest BCUT2D eigenvalue weighted by Crippen LogP contribution is 2.11. The summed E-state index contributed by atoms with van der Waals surface area (Å²) in [4.78, 5) is 17.8. The highest BCUT2D eigenvalue weighted by molar-refractivity contribution is 5.87. The van der Waals surface area contributed by atoms with Crippen LogP contribution >= 0.6 is 0 Å². The molecule has 1 aliphatic heterocycles. The fourth-order valence-electron chi connectivity index (χ4n) is 1.56. The Morgan fingerprint density at radius 2 is 2.10 bits per heavy atom. The number of aliphatic hydroxyl groups excluding tert-OH is 1. The van der Waals surface area contributed by atoms with Crippen molar-refractivity contribution in [2.24, 2.45) is 4.99 Å². The van der Waals surface area contributed by atoms with Crippen molar-refractivity contribution < 1.29 is 19.7 Å². The maximum absolute atomic E-state index is 11.9. The van der Waals surface area contributed by atoms with Crippen LogP contribution in [0.2, 0.25) is 0 Å². The van der Waals surface area contributed by atoms with Gasteiger partial charge in [-0.15, -0.1) is 0 Å². The molecule has 0 bridgehead atoms. The minimum Gasteiger partial charge on any atom is -0.444 e. The van der Waals surface area contributed by atoms with E-state index in [4.69, 9.17) is 9.84 Å². The van der Waals surface area contributed by atoms with Crippen LogP contribution in [0.25, 0.3) is 0 Å². The quantitative estimate of drug-likeness (QED) is 0.677. The fraction of sp³-hybridized carbons (Fsp3) is 0.846. The van der Waals surface area contributed by atoms with Gasteiger partial charge in [0.05, 0.1) is 19.7 Å². The van der Waals surface area contributed by atoms with Crippen molar-refractivity contribution in [2.45, 2.75) is 38.9 Å². The molecule has 0 aromatic carbocycles. The normalized spacial score (nSPS) is 19.1. The maximum atomic E-state index is 11.9. The van der Waals surface area contributed by atoms with Crippen molar-refractivity contribution in [1.82, 2.24) is 10.2 Å². The van der Waals surface area contributed by atoms with Gasteiger partial charge in [-0.2, -0.15) is 0 Å². The monoisotopic (exact) mass is 287 g/mol. The molecule has 1 amide bonds. The third kappa shape index (κ3) is 5.75. The number of amidine groups is 1. The number of aliphatic imine (C=N–C) groups is 1. The number of hydrogen-bond acceptors (Lipinski definition) is 6. The molecule has 0 fully saturated rings. The SMILES string of the molecule is CC(O)(CO)CNC1=NCCN(C(=O)OC(C)(C)C)C1. The number of ether oxygens (including phenoxy) is 1. The van der Waals surface area contributed by atoms with E-state index in [1.807, 2.05) is 20.8 Å². The molecule has 1 unspecified atom stereocenters. The molecule has 1 rings (SSSR count). The fourth-order valence-corrected chi connectivity index (χ4v) is 1.56. The topological polar surface area (TPSA) is 94.4 Å². The number of carbonyl (C=O) groups is 1. The van der Waals surface area contributed by atoms with Crippen LogP contribution in [0, 0.1) is 0 Å². The van der Waals surface area contributed by atoms with Gasteiger partial charge >= 0.3 is 6.09 Å². The average molecular weight is 287 g/mol. The molecule has 1 atom stereocenters. The van der Waals surface area contributed by atoms with Gasteiger partial charge in [-0.3, -0.25) is 9.89 Å². The van der Waals surface area contributed by atoms with E-state index in [0.717, 1.165) is 0 Å². The number of aliphatic hydroxyl groups is 2. The van der Waals surface area contributed by atoms with Gasteiger partial charge < -0.3 is 20.3 Å². The van der Waals surface area contributed by atoms with Crippen LogP contribution in [0.3, 0.4) is 0 Å². The van der Waals surface area contributed by atoms with E-state index in [9.17, 15) is 9.90 Å². The number of amides is 1. The maximum Gasteiger partial charge on any atom is 0.410 e. The molecular weight excluding hydrogens is 262 g/mol. The molecule has 1 aliphatic rings. The summed E-state index contributed by atoms with van der Waals surface area (Å²) in [6.07, 6.45) is -0.374. The van der Waals surface area contributed by atoms with Crippen LogP contribution in [0.15, 0.2) is 4.99 Å². The van der Waals surface area contributed by atoms with Crippen molar-refractivity contribution in [3.63, 3.8) is 0 Å². The van der Waals surface area contributed by atoms with Crippen molar-refractivity contribution in [1.29, 1.82) is 0 Å². The molecule has 0 aromatic rings. The lowest BCUT2D eigenvalue weighted by atomic mass is 10.1. The summed E-state index contributed by atoms with van der Waals surface area (Å²) in [5, 5.41) is 21.6. The van der Waals surface area contributed by atoms with Crippen molar-refractivity contribution >= 4 is 11.9 Å². The van der Waals surface area contributed by atoms with Crippen molar-refractivity contribution in [3.05, 3.63) is 0 Å². The molecule has 0 aromatic heterocycles. The van der Waals surface area contributed by atoms with Crippen LogP contribution in [-0.4, -0.2) is 71.0 Å². The Morgan fingerprint density at radius 1 is 1.45 bits per heavy atom. The summed E-state index contributed by atoms with van der Waals surface area (Å²) >= 11 is 0. The molecule has 20 heavy (non-hydrogen) atoms. The van der Waals surface area contributed by atoms with E-state index in [1.54, 1.807) is 4.90 Å². The van der Waals surface area contributed by atoms with E-state index < -0.39 is 11.2 Å². The number of rotatable bonds is 3. The number of nitrogens with one attached hydrogen (secondary N) is 1. The molecule has 0 aliphatic carbocycles. The molecule has 0 spiro atoms. The predicted molar refractivity (Wildman–Crippen MR) is 75.8 cm³/mol. The van der Waals surface area contributed by atoms with E-state index in [-0.39, 0.29) is 19.2 Å². The Morgan fingerprint density at radius 3 is 2.65 bits per heavy atom. The lowest BCUT2D eigenvalue weighted by Gasteiger charge is -2.31. The van der Waals surface area contributed by atoms with Gasteiger partial charge in [0.15, 0.2) is 0 Å². The van der Waals surface area contributed by atoms with Crippen molar-refractivity contribution in [2.75, 3.05) is 32.8 Å². The van der Waals surface area contributed by atoms with E-state index >= 15 is 0 Å². The predicted octanol–water partition coefficient (Wildman–Crippen LogP) is -0.0315. The molecule has 3 N–H and O–H groups in total. The van der Waals surface area contributed by atoms with Crippen LogP contribution in [0.4, 0.5) is 4.79 Å². The first-order valence-corrected chi connectivity index (χ1v) is 6.71. The zero-order chi connectivity index (χ0) is 15.4. The van der Waals surface area contributed by atoms with Gasteiger partial charge in [-0.25, -0.2) is 4.79 Å². The van der Waals surface area contributed by atoms with Gasteiger partial charge in [-0.1, -0.05) is 0 Å². The molecule has 7 nitrogen and oxygen atoms in total. The van der Waals surface area contributed by atoms with Gasteiger partial charge in [-0.05, 0) is 27.7 Å². The summed E-state index contributed by atoms with van der Waals surface area (Å²) in [6.45, 7) is 8.12. The van der Waals surface area contributed by atoms with Crippen LogP contribution in [0.5, 0.6) is 0 Å². The highest BCUT2D eigenvalue weighted by atomic mass is 16.6. The second kappa shape index (κ2) is 6.41. The average Bonchev–Trinajstić information content (AvgIpc) is 2.35. The summed E-state index contributed by atoms with van der Waals surface area (Å²) in [6, 6.07) is 0. The lowest BCUT2D eigenvalue weighted by Crippen LogP contribution is -2.50. The van der Waals surface area contributed by atoms with Crippen molar-refractivity contribution in [3.8, 4) is 0 Å². The Labute approximate surface area is 119 Å². The summed E-state index contributed by atoms with van der Waals surface area (Å²) in [5.41, 5.74) is -1.74. The minimum atomic E-state index is -1.21. The Bertz CT molecular complexity index is 374. The third-order valence-corrected chi connectivity index (χ3v) is 2.68. The largest absolute Gasteiger partial charge is 0.444 e. The Kier molecular flexibility index (Phi) is 5.35. The molecule has 116 valence electrons. The van der Waals surface area contributed by atoms with Gasteiger partial charge in [0.1, 0.15) is 17.0 Å². The van der Waals surface area contributed by atoms with Gasteiger partial charge in [0.2, 0.25) is 0 Å². The third-order valence-electron chi connectivity index (χ3n) is 2.68. The molecule has 1 heterocycles. The van der Waals surface area contributed by atoms with Gasteiger partial charge in [0, 0.05) is 13.1 Å². The number of hydrogen-bond donors (Lipinski definition) is 3.